The van der Waals surface area contributed by atoms with Crippen molar-refractivity contribution in [1.82, 2.24) is 15.1 Å². The molecule has 0 amide bonds. The van der Waals surface area contributed by atoms with Crippen LogP contribution in [0, 0.1) is 0 Å². The number of piperidine rings is 1. The zero-order valence-corrected chi connectivity index (χ0v) is 18.8. The van der Waals surface area contributed by atoms with Gasteiger partial charge in [0.25, 0.3) is 0 Å². The van der Waals surface area contributed by atoms with E-state index in [2.05, 4.69) is 60.3 Å². The third kappa shape index (κ3) is 8.72. The molecule has 0 spiro atoms. The smallest absolute Gasteiger partial charge is 0.194 e. The van der Waals surface area contributed by atoms with Crippen molar-refractivity contribution in [3.8, 4) is 0 Å². The number of likely N-dealkylation sites (tertiary alicyclic amines) is 1. The average molecular weight is 405 g/mol. The van der Waals surface area contributed by atoms with Crippen LogP contribution in [0.4, 0.5) is 0 Å². The lowest BCUT2D eigenvalue weighted by molar-refractivity contribution is 0.00990. The summed E-state index contributed by atoms with van der Waals surface area (Å²) in [5.74, 6) is 1.02. The zero-order chi connectivity index (χ0) is 20.9. The van der Waals surface area contributed by atoms with Gasteiger partial charge in [-0.05, 0) is 50.9 Å². The standard InChI is InChI=1S/C23H40N4O2/c1-5-24-23(27-13-11-22(12-14-27)29-16-8-15-28-4)25-18-20-9-7-10-21(17-20)19-26(3)6-2/h7,9-10,17,22H,5-6,8,11-16,18-19H2,1-4H3,(H,24,25). The topological polar surface area (TPSA) is 49.3 Å². The largest absolute Gasteiger partial charge is 0.385 e. The van der Waals surface area contributed by atoms with Crippen LogP contribution in [0.1, 0.15) is 44.2 Å². The maximum Gasteiger partial charge on any atom is 0.194 e. The van der Waals surface area contributed by atoms with Gasteiger partial charge in [-0.2, -0.15) is 0 Å². The molecule has 0 bridgehead atoms. The lowest BCUT2D eigenvalue weighted by atomic mass is 10.1. The molecular weight excluding hydrogens is 364 g/mol. The highest BCUT2D eigenvalue weighted by Gasteiger charge is 2.21. The summed E-state index contributed by atoms with van der Waals surface area (Å²) < 4.78 is 11.1. The van der Waals surface area contributed by atoms with Crippen LogP contribution in [0.15, 0.2) is 29.3 Å². The number of benzene rings is 1. The van der Waals surface area contributed by atoms with Crippen molar-refractivity contribution in [2.75, 3.05) is 53.6 Å². The van der Waals surface area contributed by atoms with E-state index >= 15 is 0 Å². The van der Waals surface area contributed by atoms with E-state index in [-0.39, 0.29) is 0 Å². The zero-order valence-electron chi connectivity index (χ0n) is 18.8. The van der Waals surface area contributed by atoms with Gasteiger partial charge >= 0.3 is 0 Å². The summed E-state index contributed by atoms with van der Waals surface area (Å²) in [5, 5.41) is 3.46. The van der Waals surface area contributed by atoms with E-state index in [0.717, 1.165) is 71.2 Å². The first-order valence-electron chi connectivity index (χ1n) is 11.1. The Morgan fingerprint density at radius 2 is 1.97 bits per heavy atom. The first-order chi connectivity index (χ1) is 14.2. The van der Waals surface area contributed by atoms with Crippen LogP contribution in [-0.2, 0) is 22.6 Å². The fraction of sp³-hybridized carbons (Fsp3) is 0.696. The van der Waals surface area contributed by atoms with Gasteiger partial charge in [-0.3, -0.25) is 0 Å². The summed E-state index contributed by atoms with van der Waals surface area (Å²) >= 11 is 0. The Morgan fingerprint density at radius 3 is 2.66 bits per heavy atom. The Hall–Kier alpha value is -1.63. The number of hydrogen-bond donors (Lipinski definition) is 1. The van der Waals surface area contributed by atoms with Crippen molar-refractivity contribution in [2.24, 2.45) is 4.99 Å². The van der Waals surface area contributed by atoms with Gasteiger partial charge in [0.15, 0.2) is 5.96 Å². The second kappa shape index (κ2) is 13.6. The number of nitrogens with zero attached hydrogens (tertiary/aromatic N) is 3. The molecule has 0 saturated carbocycles. The summed E-state index contributed by atoms with van der Waals surface area (Å²) in [6.45, 7) is 11.5. The van der Waals surface area contributed by atoms with Gasteiger partial charge in [-0.1, -0.05) is 31.2 Å². The Morgan fingerprint density at radius 1 is 1.21 bits per heavy atom. The molecule has 0 aromatic heterocycles. The van der Waals surface area contributed by atoms with Crippen molar-refractivity contribution >= 4 is 5.96 Å². The van der Waals surface area contributed by atoms with Crippen LogP contribution >= 0.6 is 0 Å². The SMILES string of the molecule is CCNC(=NCc1cccc(CN(C)CC)c1)N1CCC(OCCCOC)CC1. The van der Waals surface area contributed by atoms with Gasteiger partial charge in [0.1, 0.15) is 0 Å². The summed E-state index contributed by atoms with van der Waals surface area (Å²) in [5.41, 5.74) is 2.61. The maximum absolute atomic E-state index is 5.99. The van der Waals surface area contributed by atoms with Gasteiger partial charge in [0.05, 0.1) is 12.6 Å². The van der Waals surface area contributed by atoms with Crippen molar-refractivity contribution < 1.29 is 9.47 Å². The van der Waals surface area contributed by atoms with Crippen molar-refractivity contribution in [1.29, 1.82) is 0 Å². The number of hydrogen-bond acceptors (Lipinski definition) is 4. The molecular formula is C23H40N4O2. The molecule has 1 aliphatic heterocycles. The molecule has 164 valence electrons. The van der Waals surface area contributed by atoms with Gasteiger partial charge in [0, 0.05) is 46.5 Å². The minimum absolute atomic E-state index is 0.359. The average Bonchev–Trinajstić information content (AvgIpc) is 2.75. The predicted molar refractivity (Wildman–Crippen MR) is 120 cm³/mol. The van der Waals surface area contributed by atoms with E-state index in [0.29, 0.717) is 12.6 Å². The van der Waals surface area contributed by atoms with E-state index in [1.165, 1.54) is 11.1 Å². The number of nitrogens with one attached hydrogen (secondary N) is 1. The lowest BCUT2D eigenvalue weighted by Crippen LogP contribution is -2.47. The van der Waals surface area contributed by atoms with Crippen LogP contribution in [-0.4, -0.2) is 75.4 Å². The molecule has 0 aliphatic carbocycles. The molecule has 6 heteroatoms. The Kier molecular flexibility index (Phi) is 11.1. The van der Waals surface area contributed by atoms with E-state index < -0.39 is 0 Å². The number of aliphatic imine (C=N–C) groups is 1. The molecule has 0 atom stereocenters. The van der Waals surface area contributed by atoms with E-state index in [9.17, 15) is 0 Å². The van der Waals surface area contributed by atoms with Crippen LogP contribution in [0.25, 0.3) is 0 Å². The van der Waals surface area contributed by atoms with Crippen LogP contribution in [0.5, 0.6) is 0 Å². The number of guanidine groups is 1. The minimum atomic E-state index is 0.359. The summed E-state index contributed by atoms with van der Waals surface area (Å²) in [4.78, 5) is 9.60. The summed E-state index contributed by atoms with van der Waals surface area (Å²) in [7, 11) is 3.89. The van der Waals surface area contributed by atoms with Gasteiger partial charge in [-0.25, -0.2) is 4.99 Å². The number of methoxy groups -OCH3 is 1. The van der Waals surface area contributed by atoms with E-state index in [1.807, 2.05) is 0 Å². The number of rotatable bonds is 11. The second-order valence-corrected chi connectivity index (χ2v) is 7.72. The lowest BCUT2D eigenvalue weighted by Gasteiger charge is -2.34. The number of ether oxygens (including phenoxy) is 2. The highest BCUT2D eigenvalue weighted by Crippen LogP contribution is 2.15. The van der Waals surface area contributed by atoms with Crippen molar-refractivity contribution in [3.63, 3.8) is 0 Å². The summed E-state index contributed by atoms with van der Waals surface area (Å²) in [6, 6.07) is 8.78. The fourth-order valence-electron chi connectivity index (χ4n) is 3.53. The summed E-state index contributed by atoms with van der Waals surface area (Å²) in [6.07, 6.45) is 3.43. The maximum atomic E-state index is 5.99. The second-order valence-electron chi connectivity index (χ2n) is 7.72. The van der Waals surface area contributed by atoms with Crippen LogP contribution < -0.4 is 5.32 Å². The first kappa shape index (κ1) is 23.6. The molecule has 6 nitrogen and oxygen atoms in total. The van der Waals surface area contributed by atoms with Gasteiger partial charge in [0.2, 0.25) is 0 Å². The third-order valence-electron chi connectivity index (χ3n) is 5.32. The Balaban J connectivity index is 1.88. The quantitative estimate of drug-likeness (QED) is 0.349. The predicted octanol–water partition coefficient (Wildman–Crippen LogP) is 3.12. The molecule has 1 heterocycles. The Bertz CT molecular complexity index is 600. The Labute approximate surface area is 177 Å². The van der Waals surface area contributed by atoms with Crippen LogP contribution in [0.3, 0.4) is 0 Å². The fourth-order valence-corrected chi connectivity index (χ4v) is 3.53. The third-order valence-corrected chi connectivity index (χ3v) is 5.32. The molecule has 1 aliphatic rings. The molecule has 1 N–H and O–H groups in total. The molecule has 1 aromatic rings. The van der Waals surface area contributed by atoms with Crippen LogP contribution in [0.2, 0.25) is 0 Å². The molecule has 1 saturated heterocycles. The van der Waals surface area contributed by atoms with E-state index in [4.69, 9.17) is 14.5 Å². The monoisotopic (exact) mass is 404 g/mol. The minimum Gasteiger partial charge on any atom is -0.385 e. The normalized spacial score (nSPS) is 15.9. The van der Waals surface area contributed by atoms with Crippen molar-refractivity contribution in [2.45, 2.75) is 52.3 Å². The molecule has 0 unspecified atom stereocenters. The molecule has 29 heavy (non-hydrogen) atoms. The molecule has 1 fully saturated rings. The van der Waals surface area contributed by atoms with E-state index in [1.54, 1.807) is 7.11 Å². The van der Waals surface area contributed by atoms with Gasteiger partial charge < -0.3 is 24.6 Å². The first-order valence-corrected chi connectivity index (χ1v) is 11.1. The van der Waals surface area contributed by atoms with Crippen molar-refractivity contribution in [3.05, 3.63) is 35.4 Å². The highest BCUT2D eigenvalue weighted by atomic mass is 16.5. The molecule has 2 rings (SSSR count). The molecule has 0 radical (unpaired) electrons. The molecule has 1 aromatic carbocycles. The highest BCUT2D eigenvalue weighted by molar-refractivity contribution is 5.80. The van der Waals surface area contributed by atoms with Gasteiger partial charge in [-0.15, -0.1) is 0 Å².